The lowest BCUT2D eigenvalue weighted by atomic mass is 10.2. The average Bonchev–Trinajstić information content (AvgIpc) is 2.90. The van der Waals surface area contributed by atoms with E-state index in [9.17, 15) is 13.2 Å². The van der Waals surface area contributed by atoms with Crippen molar-refractivity contribution in [3.05, 3.63) is 60.4 Å². The second-order valence-electron chi connectivity index (χ2n) is 4.90. The molecular formula is C16H13NO4S. The Bertz CT molecular complexity index is 924. The monoisotopic (exact) mass is 315 g/mol. The van der Waals surface area contributed by atoms with Gasteiger partial charge in [0.25, 0.3) is 5.91 Å². The molecule has 0 aliphatic carbocycles. The third-order valence-electron chi connectivity index (χ3n) is 3.17. The van der Waals surface area contributed by atoms with Crippen LogP contribution >= 0.6 is 0 Å². The zero-order chi connectivity index (χ0) is 15.7. The Hall–Kier alpha value is -2.60. The molecule has 3 rings (SSSR count). The molecule has 0 aliphatic rings. The number of amides is 1. The molecule has 0 radical (unpaired) electrons. The molecule has 0 fully saturated rings. The van der Waals surface area contributed by atoms with Gasteiger partial charge in [-0.2, -0.15) is 0 Å². The number of hydrogen-bond acceptors (Lipinski definition) is 4. The standard InChI is InChI=1S/C16H13NO4S/c1-22(19,20)13-7-4-6-12(10-13)17-16(18)15-9-11-5-2-3-8-14(11)21-15/h2-10H,1H3,(H,17,18). The normalized spacial score (nSPS) is 11.5. The molecule has 6 heteroatoms. The van der Waals surface area contributed by atoms with Gasteiger partial charge in [-0.05, 0) is 30.3 Å². The van der Waals surface area contributed by atoms with E-state index in [0.717, 1.165) is 11.6 Å². The first kappa shape index (κ1) is 14.3. The predicted molar refractivity (Wildman–Crippen MR) is 83.7 cm³/mol. The van der Waals surface area contributed by atoms with E-state index < -0.39 is 15.7 Å². The van der Waals surface area contributed by atoms with Crippen LogP contribution < -0.4 is 5.32 Å². The topological polar surface area (TPSA) is 76.4 Å². The number of nitrogens with one attached hydrogen (secondary N) is 1. The molecule has 22 heavy (non-hydrogen) atoms. The van der Waals surface area contributed by atoms with Gasteiger partial charge in [-0.3, -0.25) is 4.79 Å². The fourth-order valence-electron chi connectivity index (χ4n) is 2.09. The summed E-state index contributed by atoms with van der Waals surface area (Å²) in [6.45, 7) is 0. The molecule has 5 nitrogen and oxygen atoms in total. The molecule has 1 heterocycles. The second-order valence-corrected chi connectivity index (χ2v) is 6.92. The van der Waals surface area contributed by atoms with Crippen molar-refractivity contribution in [3.8, 4) is 0 Å². The van der Waals surface area contributed by atoms with Crippen molar-refractivity contribution < 1.29 is 17.6 Å². The van der Waals surface area contributed by atoms with Gasteiger partial charge in [0.15, 0.2) is 15.6 Å². The predicted octanol–water partition coefficient (Wildman–Crippen LogP) is 3.09. The first-order valence-corrected chi connectivity index (χ1v) is 8.43. The van der Waals surface area contributed by atoms with Crippen molar-refractivity contribution in [3.63, 3.8) is 0 Å². The van der Waals surface area contributed by atoms with E-state index in [1.807, 2.05) is 18.2 Å². The van der Waals surface area contributed by atoms with Crippen LogP contribution in [-0.2, 0) is 9.84 Å². The van der Waals surface area contributed by atoms with Crippen LogP contribution in [-0.4, -0.2) is 20.6 Å². The largest absolute Gasteiger partial charge is 0.451 e. The highest BCUT2D eigenvalue weighted by Gasteiger charge is 2.13. The molecule has 0 aliphatic heterocycles. The lowest BCUT2D eigenvalue weighted by Crippen LogP contribution is -2.11. The molecule has 1 N–H and O–H groups in total. The lowest BCUT2D eigenvalue weighted by molar-refractivity contribution is 0.0998. The molecule has 0 atom stereocenters. The van der Waals surface area contributed by atoms with Gasteiger partial charge in [0, 0.05) is 17.3 Å². The first-order chi connectivity index (χ1) is 10.4. The number of rotatable bonds is 3. The van der Waals surface area contributed by atoms with Crippen LogP contribution in [0.3, 0.4) is 0 Å². The molecule has 0 unspecified atom stereocenters. The van der Waals surface area contributed by atoms with Gasteiger partial charge in [-0.1, -0.05) is 24.3 Å². The minimum Gasteiger partial charge on any atom is -0.451 e. The Morgan fingerprint density at radius 1 is 1.05 bits per heavy atom. The molecule has 0 spiro atoms. The van der Waals surface area contributed by atoms with Crippen LogP contribution in [0.5, 0.6) is 0 Å². The zero-order valence-electron chi connectivity index (χ0n) is 11.7. The first-order valence-electron chi connectivity index (χ1n) is 6.53. The fraction of sp³-hybridized carbons (Fsp3) is 0.0625. The maximum Gasteiger partial charge on any atom is 0.291 e. The second kappa shape index (κ2) is 5.31. The van der Waals surface area contributed by atoms with Gasteiger partial charge >= 0.3 is 0 Å². The van der Waals surface area contributed by atoms with Crippen LogP contribution in [0.1, 0.15) is 10.6 Å². The van der Waals surface area contributed by atoms with E-state index in [1.165, 1.54) is 12.1 Å². The molecule has 1 aromatic heterocycles. The molecule has 2 aromatic carbocycles. The Morgan fingerprint density at radius 3 is 2.55 bits per heavy atom. The van der Waals surface area contributed by atoms with Crippen LogP contribution in [0, 0.1) is 0 Å². The highest BCUT2D eigenvalue weighted by molar-refractivity contribution is 7.90. The quantitative estimate of drug-likeness (QED) is 0.806. The van der Waals surface area contributed by atoms with Crippen LogP contribution in [0.15, 0.2) is 63.9 Å². The van der Waals surface area contributed by atoms with Crippen molar-refractivity contribution in [2.45, 2.75) is 4.90 Å². The highest BCUT2D eigenvalue weighted by Crippen LogP contribution is 2.21. The number of anilines is 1. The fourth-order valence-corrected chi connectivity index (χ4v) is 2.76. The van der Waals surface area contributed by atoms with Crippen molar-refractivity contribution in [1.82, 2.24) is 0 Å². The smallest absolute Gasteiger partial charge is 0.291 e. The van der Waals surface area contributed by atoms with E-state index in [-0.39, 0.29) is 10.7 Å². The van der Waals surface area contributed by atoms with Gasteiger partial charge in [0.05, 0.1) is 4.90 Å². The molecule has 0 saturated carbocycles. The van der Waals surface area contributed by atoms with E-state index in [0.29, 0.717) is 11.3 Å². The minimum atomic E-state index is -3.32. The van der Waals surface area contributed by atoms with Crippen LogP contribution in [0.25, 0.3) is 11.0 Å². The Kier molecular flexibility index (Phi) is 3.46. The maximum absolute atomic E-state index is 12.2. The van der Waals surface area contributed by atoms with Crippen molar-refractivity contribution in [2.75, 3.05) is 11.6 Å². The van der Waals surface area contributed by atoms with Crippen LogP contribution in [0.4, 0.5) is 5.69 Å². The summed E-state index contributed by atoms with van der Waals surface area (Å²) in [5.74, 6) is -0.257. The summed E-state index contributed by atoms with van der Waals surface area (Å²) in [5, 5.41) is 3.47. The molecule has 0 saturated heterocycles. The molecular weight excluding hydrogens is 302 g/mol. The molecule has 0 bridgehead atoms. The number of carbonyl (C=O) groups excluding carboxylic acids is 1. The summed E-state index contributed by atoms with van der Waals surface area (Å²) in [6, 6.07) is 15.0. The summed E-state index contributed by atoms with van der Waals surface area (Å²) in [6.07, 6.45) is 1.12. The van der Waals surface area contributed by atoms with Crippen LogP contribution in [0.2, 0.25) is 0 Å². The number of furan rings is 1. The number of fused-ring (bicyclic) bond motifs is 1. The molecule has 3 aromatic rings. The van der Waals surface area contributed by atoms with E-state index >= 15 is 0 Å². The van der Waals surface area contributed by atoms with Gasteiger partial charge in [0.2, 0.25) is 0 Å². The summed E-state index contributed by atoms with van der Waals surface area (Å²) in [5.41, 5.74) is 1.02. The van der Waals surface area contributed by atoms with Crippen molar-refractivity contribution >= 4 is 32.4 Å². The Balaban J connectivity index is 1.88. The summed E-state index contributed by atoms with van der Waals surface area (Å²) in [4.78, 5) is 12.3. The molecule has 1 amide bonds. The number of para-hydroxylation sites is 1. The maximum atomic E-state index is 12.2. The van der Waals surface area contributed by atoms with E-state index in [4.69, 9.17) is 4.42 Å². The highest BCUT2D eigenvalue weighted by atomic mass is 32.2. The average molecular weight is 315 g/mol. The summed E-state index contributed by atoms with van der Waals surface area (Å²) >= 11 is 0. The van der Waals surface area contributed by atoms with Gasteiger partial charge in [-0.15, -0.1) is 0 Å². The Labute approximate surface area is 127 Å². The third kappa shape index (κ3) is 2.87. The summed E-state index contributed by atoms with van der Waals surface area (Å²) < 4.78 is 28.5. The zero-order valence-corrected chi connectivity index (χ0v) is 12.6. The van der Waals surface area contributed by atoms with Gasteiger partial charge in [-0.25, -0.2) is 8.42 Å². The van der Waals surface area contributed by atoms with E-state index in [1.54, 1.807) is 24.3 Å². The summed E-state index contributed by atoms with van der Waals surface area (Å²) in [7, 11) is -3.32. The molecule has 112 valence electrons. The number of carbonyl (C=O) groups is 1. The number of sulfone groups is 1. The lowest BCUT2D eigenvalue weighted by Gasteiger charge is -2.05. The Morgan fingerprint density at radius 2 is 1.82 bits per heavy atom. The number of benzene rings is 2. The van der Waals surface area contributed by atoms with Gasteiger partial charge in [0.1, 0.15) is 5.58 Å². The minimum absolute atomic E-state index is 0.148. The van der Waals surface area contributed by atoms with Crippen molar-refractivity contribution in [1.29, 1.82) is 0 Å². The third-order valence-corrected chi connectivity index (χ3v) is 4.28. The SMILES string of the molecule is CS(=O)(=O)c1cccc(NC(=O)c2cc3ccccc3o2)c1. The van der Waals surface area contributed by atoms with Crippen molar-refractivity contribution in [2.24, 2.45) is 0 Å². The number of hydrogen-bond donors (Lipinski definition) is 1. The van der Waals surface area contributed by atoms with E-state index in [2.05, 4.69) is 5.32 Å². The van der Waals surface area contributed by atoms with Gasteiger partial charge < -0.3 is 9.73 Å².